The Bertz CT molecular complexity index is 794. The molecule has 1 unspecified atom stereocenters. The molecule has 1 amide bonds. The number of hydrogen-bond donors (Lipinski definition) is 2. The number of hydrazine groups is 1. The zero-order valence-corrected chi connectivity index (χ0v) is 14.6. The Kier molecular flexibility index (Phi) is 3.66. The Morgan fingerprint density at radius 2 is 2.17 bits per heavy atom. The lowest BCUT2D eigenvalue weighted by atomic mass is 9.72. The number of aromatic nitrogens is 1. The van der Waals surface area contributed by atoms with E-state index in [1.807, 2.05) is 0 Å². The van der Waals surface area contributed by atoms with Crippen LogP contribution < -0.4 is 11.3 Å². The summed E-state index contributed by atoms with van der Waals surface area (Å²) >= 11 is 0. The summed E-state index contributed by atoms with van der Waals surface area (Å²) in [6, 6.07) is 7.55. The summed E-state index contributed by atoms with van der Waals surface area (Å²) in [5.74, 6) is 5.70. The number of rotatable bonds is 2. The van der Waals surface area contributed by atoms with Gasteiger partial charge in [0.25, 0.3) is 0 Å². The summed E-state index contributed by atoms with van der Waals surface area (Å²) in [7, 11) is 2.14. The van der Waals surface area contributed by atoms with Gasteiger partial charge >= 0.3 is 0 Å². The van der Waals surface area contributed by atoms with E-state index in [2.05, 4.69) is 60.2 Å². The molecule has 2 aliphatic rings. The molecule has 1 aromatic carbocycles. The predicted octanol–water partition coefficient (Wildman–Crippen LogP) is 2.17. The number of likely N-dealkylation sites (N-methyl/N-ethyl adjacent to an activating group) is 1. The smallest absolute Gasteiger partial charge is 0.238 e. The third-order valence-corrected chi connectivity index (χ3v) is 5.94. The van der Waals surface area contributed by atoms with Crippen molar-refractivity contribution in [2.45, 2.75) is 44.7 Å². The van der Waals surface area contributed by atoms with Gasteiger partial charge in [0.05, 0.1) is 5.92 Å². The summed E-state index contributed by atoms with van der Waals surface area (Å²) in [6.07, 6.45) is 4.27. The average molecular weight is 326 g/mol. The van der Waals surface area contributed by atoms with Crippen molar-refractivity contribution in [2.75, 3.05) is 13.6 Å². The van der Waals surface area contributed by atoms with Crippen molar-refractivity contribution in [3.05, 3.63) is 35.5 Å². The number of nitrogens with zero attached hydrogens (tertiary/aromatic N) is 2. The lowest BCUT2D eigenvalue weighted by molar-refractivity contribution is -0.127. The molecular formula is C19H26N4O. The van der Waals surface area contributed by atoms with Crippen molar-refractivity contribution in [3.8, 4) is 0 Å². The third kappa shape index (κ3) is 2.19. The Balaban J connectivity index is 1.83. The number of carbonyl (C=O) groups is 1. The maximum Gasteiger partial charge on any atom is 0.238 e. The van der Waals surface area contributed by atoms with Crippen LogP contribution in [0.25, 0.3) is 10.9 Å². The molecular weight excluding hydrogens is 300 g/mol. The molecule has 3 N–H and O–H groups in total. The number of nitrogens with two attached hydrogens (primary N) is 1. The minimum absolute atomic E-state index is 0.0368. The van der Waals surface area contributed by atoms with Crippen LogP contribution in [-0.4, -0.2) is 35.0 Å². The van der Waals surface area contributed by atoms with E-state index in [1.165, 1.54) is 22.0 Å². The fourth-order valence-corrected chi connectivity index (χ4v) is 4.81. The summed E-state index contributed by atoms with van der Waals surface area (Å²) in [6.45, 7) is 5.24. The zero-order valence-electron chi connectivity index (χ0n) is 14.6. The maximum atomic E-state index is 12.1. The highest BCUT2D eigenvalue weighted by Gasteiger charge is 2.41. The van der Waals surface area contributed by atoms with Crippen LogP contribution in [0.3, 0.4) is 0 Å². The molecule has 1 aliphatic carbocycles. The first-order chi connectivity index (χ1) is 11.5. The normalized spacial score (nSPS) is 26.6. The van der Waals surface area contributed by atoms with Gasteiger partial charge in [-0.2, -0.15) is 0 Å². The highest BCUT2D eigenvalue weighted by atomic mass is 16.2. The summed E-state index contributed by atoms with van der Waals surface area (Å²) in [4.78, 5) is 14.5. The number of amides is 1. The molecule has 1 aromatic heterocycles. The number of likely N-dealkylation sites (tertiary alicyclic amines) is 1. The SMILES string of the molecule is CC(C)n1cc2c3c(cccc31)[C@H]1CC(C(=O)NN)CN(C)[C@@H]1C2. The monoisotopic (exact) mass is 326 g/mol. The molecule has 1 aliphatic heterocycles. The third-order valence-electron chi connectivity index (χ3n) is 5.94. The first-order valence-corrected chi connectivity index (χ1v) is 8.84. The van der Waals surface area contributed by atoms with Crippen LogP contribution in [-0.2, 0) is 11.2 Å². The van der Waals surface area contributed by atoms with E-state index in [9.17, 15) is 4.79 Å². The maximum absolute atomic E-state index is 12.1. The Labute approximate surface area is 142 Å². The van der Waals surface area contributed by atoms with Gasteiger partial charge < -0.3 is 9.47 Å². The van der Waals surface area contributed by atoms with Crippen LogP contribution in [0.4, 0.5) is 0 Å². The molecule has 128 valence electrons. The molecule has 0 bridgehead atoms. The summed E-state index contributed by atoms with van der Waals surface area (Å²) in [5.41, 5.74) is 6.52. The van der Waals surface area contributed by atoms with Crippen molar-refractivity contribution in [1.82, 2.24) is 14.9 Å². The van der Waals surface area contributed by atoms with Gasteiger partial charge in [-0.3, -0.25) is 10.2 Å². The lowest BCUT2D eigenvalue weighted by Gasteiger charge is -2.45. The van der Waals surface area contributed by atoms with Gasteiger partial charge in [-0.25, -0.2) is 5.84 Å². The van der Waals surface area contributed by atoms with Crippen molar-refractivity contribution in [2.24, 2.45) is 11.8 Å². The molecule has 3 atom stereocenters. The van der Waals surface area contributed by atoms with E-state index < -0.39 is 0 Å². The van der Waals surface area contributed by atoms with E-state index >= 15 is 0 Å². The topological polar surface area (TPSA) is 63.3 Å². The van der Waals surface area contributed by atoms with Gasteiger partial charge in [0, 0.05) is 41.6 Å². The van der Waals surface area contributed by atoms with Crippen LogP contribution >= 0.6 is 0 Å². The largest absolute Gasteiger partial charge is 0.345 e. The number of nitrogens with one attached hydrogen (secondary N) is 1. The van der Waals surface area contributed by atoms with E-state index in [1.54, 1.807) is 0 Å². The minimum atomic E-state index is -0.0435. The number of benzene rings is 1. The molecule has 1 saturated heterocycles. The minimum Gasteiger partial charge on any atom is -0.345 e. The van der Waals surface area contributed by atoms with E-state index in [4.69, 9.17) is 5.84 Å². The van der Waals surface area contributed by atoms with E-state index in [0.29, 0.717) is 18.0 Å². The quantitative estimate of drug-likeness (QED) is 0.505. The van der Waals surface area contributed by atoms with Gasteiger partial charge in [-0.15, -0.1) is 0 Å². The second-order valence-electron chi connectivity index (χ2n) is 7.66. The standard InChI is InChI=1S/C19H26N4O/c1-11(2)23-10-12-8-17-15(14-5-4-6-16(23)18(12)14)7-13(9-22(17)3)19(24)21-20/h4-6,10-11,13,15,17H,7-9,20H2,1-3H3,(H,21,24)/t13?,15-,17-/m1/s1. The lowest BCUT2D eigenvalue weighted by Crippen LogP contribution is -2.52. The molecule has 0 radical (unpaired) electrons. The van der Waals surface area contributed by atoms with Gasteiger partial charge in [0.1, 0.15) is 0 Å². The Hall–Kier alpha value is -1.85. The first kappa shape index (κ1) is 15.7. The van der Waals surface area contributed by atoms with E-state index in [-0.39, 0.29) is 11.8 Å². The molecule has 1 fully saturated rings. The highest BCUT2D eigenvalue weighted by Crippen LogP contribution is 2.45. The van der Waals surface area contributed by atoms with E-state index in [0.717, 1.165) is 19.4 Å². The van der Waals surface area contributed by atoms with Crippen molar-refractivity contribution in [3.63, 3.8) is 0 Å². The molecule has 4 rings (SSSR count). The summed E-state index contributed by atoms with van der Waals surface area (Å²) in [5, 5.41) is 1.41. The van der Waals surface area contributed by atoms with Gasteiger partial charge in [-0.1, -0.05) is 12.1 Å². The molecule has 0 spiro atoms. The molecule has 5 heteroatoms. The Morgan fingerprint density at radius 3 is 2.88 bits per heavy atom. The van der Waals surface area contributed by atoms with Crippen molar-refractivity contribution >= 4 is 16.8 Å². The van der Waals surface area contributed by atoms with Crippen LogP contribution in [0.1, 0.15) is 43.4 Å². The number of carbonyl (C=O) groups excluding carboxylic acids is 1. The predicted molar refractivity (Wildman–Crippen MR) is 95.6 cm³/mol. The molecule has 0 saturated carbocycles. The second kappa shape index (κ2) is 5.60. The fourth-order valence-electron chi connectivity index (χ4n) is 4.81. The van der Waals surface area contributed by atoms with Crippen LogP contribution in [0.5, 0.6) is 0 Å². The number of piperidine rings is 1. The zero-order chi connectivity index (χ0) is 17.0. The van der Waals surface area contributed by atoms with Crippen LogP contribution in [0, 0.1) is 5.92 Å². The van der Waals surface area contributed by atoms with Crippen LogP contribution in [0.2, 0.25) is 0 Å². The Morgan fingerprint density at radius 1 is 1.38 bits per heavy atom. The highest BCUT2D eigenvalue weighted by molar-refractivity contribution is 5.89. The average Bonchev–Trinajstić information content (AvgIpc) is 2.95. The second-order valence-corrected chi connectivity index (χ2v) is 7.66. The van der Waals surface area contributed by atoms with Gasteiger partial charge in [0.15, 0.2) is 0 Å². The number of fused-ring (bicyclic) bond motifs is 2. The first-order valence-electron chi connectivity index (χ1n) is 8.84. The van der Waals surface area contributed by atoms with Gasteiger partial charge in [-0.05, 0) is 50.9 Å². The molecule has 2 aromatic rings. The molecule has 24 heavy (non-hydrogen) atoms. The van der Waals surface area contributed by atoms with Gasteiger partial charge in [0.2, 0.25) is 5.91 Å². The van der Waals surface area contributed by atoms with Crippen molar-refractivity contribution in [1.29, 1.82) is 0 Å². The summed E-state index contributed by atoms with van der Waals surface area (Å²) < 4.78 is 2.38. The molecule has 2 heterocycles. The molecule has 5 nitrogen and oxygen atoms in total. The van der Waals surface area contributed by atoms with Crippen LogP contribution in [0.15, 0.2) is 24.4 Å². The van der Waals surface area contributed by atoms with Crippen molar-refractivity contribution < 1.29 is 4.79 Å². The fraction of sp³-hybridized carbons (Fsp3) is 0.526. The number of hydrogen-bond acceptors (Lipinski definition) is 3.